The Hall–Kier alpha value is 0.594. The Kier molecular flexibility index (Phi) is 9.24. The maximum absolute atomic E-state index is 5.73. The first kappa shape index (κ1) is 14.6. The van der Waals surface area contributed by atoms with E-state index in [2.05, 4.69) is 20.8 Å². The molecule has 0 aromatic carbocycles. The normalized spacial score (nSPS) is 12.0. The predicted molar refractivity (Wildman–Crippen MR) is 54.6 cm³/mol. The van der Waals surface area contributed by atoms with Crippen molar-refractivity contribution in [3.05, 3.63) is 0 Å². The molecular formula is C10H24O3Ti. The van der Waals surface area contributed by atoms with Gasteiger partial charge in [-0.25, -0.2) is 0 Å². The molecule has 0 spiro atoms. The second kappa shape index (κ2) is 8.87. The number of hydrogen-bond acceptors (Lipinski definition) is 3. The summed E-state index contributed by atoms with van der Waals surface area (Å²) >= 11 is -2.83. The number of hydrogen-bond donors (Lipinski definition) is 0. The predicted octanol–water partition coefficient (Wildman–Crippen LogP) is 3.21. The molecule has 0 aromatic heterocycles. The Bertz CT molecular complexity index is 109. The molecular weight excluding hydrogens is 216 g/mol. The van der Waals surface area contributed by atoms with Gasteiger partial charge < -0.3 is 0 Å². The zero-order valence-electron chi connectivity index (χ0n) is 9.97. The molecule has 4 heteroatoms. The fourth-order valence-electron chi connectivity index (χ4n) is 0.987. The van der Waals surface area contributed by atoms with Gasteiger partial charge >= 0.3 is 92.8 Å². The van der Waals surface area contributed by atoms with Crippen LogP contribution in [0.2, 0.25) is 5.23 Å². The van der Waals surface area contributed by atoms with E-state index in [9.17, 15) is 0 Å². The fraction of sp³-hybridized carbons (Fsp3) is 1.00. The summed E-state index contributed by atoms with van der Waals surface area (Å²) in [6, 6.07) is 0. The minimum atomic E-state index is -2.83. The van der Waals surface area contributed by atoms with Crippen LogP contribution in [0.3, 0.4) is 0 Å². The van der Waals surface area contributed by atoms with Crippen molar-refractivity contribution in [2.45, 2.75) is 45.3 Å². The van der Waals surface area contributed by atoms with Crippen molar-refractivity contribution in [2.24, 2.45) is 0 Å². The van der Waals surface area contributed by atoms with Crippen LogP contribution < -0.4 is 0 Å². The molecule has 86 valence electrons. The van der Waals surface area contributed by atoms with Crippen LogP contribution in [0.15, 0.2) is 0 Å². The van der Waals surface area contributed by atoms with E-state index in [0.717, 1.165) is 39.1 Å². The zero-order valence-corrected chi connectivity index (χ0v) is 11.5. The first-order chi connectivity index (χ1) is 6.68. The van der Waals surface area contributed by atoms with Gasteiger partial charge in [0.2, 0.25) is 0 Å². The molecule has 0 bridgehead atoms. The molecule has 0 fully saturated rings. The van der Waals surface area contributed by atoms with Crippen LogP contribution >= 0.6 is 0 Å². The van der Waals surface area contributed by atoms with Crippen LogP contribution in [0.5, 0.6) is 0 Å². The summed E-state index contributed by atoms with van der Waals surface area (Å²) in [4.78, 5) is 0. The van der Waals surface area contributed by atoms with Crippen LogP contribution in [0.1, 0.15) is 40.0 Å². The molecule has 0 amide bonds. The van der Waals surface area contributed by atoms with Gasteiger partial charge in [0.15, 0.2) is 0 Å². The molecule has 0 unspecified atom stereocenters. The van der Waals surface area contributed by atoms with Crippen molar-refractivity contribution >= 4 is 0 Å². The van der Waals surface area contributed by atoms with E-state index in [1.807, 2.05) is 5.23 Å². The van der Waals surface area contributed by atoms with Crippen LogP contribution in [0.4, 0.5) is 0 Å². The Morgan fingerprint density at radius 2 is 1.00 bits per heavy atom. The third-order valence-corrected chi connectivity index (χ3v) is 5.12. The Morgan fingerprint density at radius 3 is 1.21 bits per heavy atom. The molecule has 0 aliphatic heterocycles. The van der Waals surface area contributed by atoms with Gasteiger partial charge in [-0.05, 0) is 0 Å². The van der Waals surface area contributed by atoms with Crippen LogP contribution in [-0.2, 0) is 27.7 Å². The van der Waals surface area contributed by atoms with E-state index in [1.165, 1.54) is 0 Å². The van der Waals surface area contributed by atoms with Crippen LogP contribution in [0.25, 0.3) is 0 Å². The standard InChI is InChI=1S/3C3H7O.CH3.Ti/c3*1-2-3-4;;/h3*2-3H2,1H3;1H3;/q3*-1;;+3. The van der Waals surface area contributed by atoms with Gasteiger partial charge in [-0.3, -0.25) is 0 Å². The van der Waals surface area contributed by atoms with Crippen molar-refractivity contribution in [2.75, 3.05) is 19.8 Å². The minimum absolute atomic E-state index is 0.754. The average Bonchev–Trinajstić information content (AvgIpc) is 2.21. The van der Waals surface area contributed by atoms with Gasteiger partial charge in [-0.2, -0.15) is 0 Å². The van der Waals surface area contributed by atoms with Gasteiger partial charge in [0, 0.05) is 0 Å². The van der Waals surface area contributed by atoms with Gasteiger partial charge in [0.1, 0.15) is 0 Å². The SMILES string of the molecule is CCC[O][Ti]([CH3])([O]CCC)[O]CCC. The molecule has 0 heterocycles. The van der Waals surface area contributed by atoms with Crippen molar-refractivity contribution < 1.29 is 27.7 Å². The van der Waals surface area contributed by atoms with Gasteiger partial charge in [0.05, 0.1) is 0 Å². The van der Waals surface area contributed by atoms with Crippen molar-refractivity contribution in [3.63, 3.8) is 0 Å². The quantitative estimate of drug-likeness (QED) is 0.579. The molecule has 0 atom stereocenters. The summed E-state index contributed by atoms with van der Waals surface area (Å²) in [5.41, 5.74) is 0. The van der Waals surface area contributed by atoms with Crippen LogP contribution in [0, 0.1) is 0 Å². The third kappa shape index (κ3) is 6.96. The summed E-state index contributed by atoms with van der Waals surface area (Å²) in [6.07, 6.45) is 3.06. The summed E-state index contributed by atoms with van der Waals surface area (Å²) < 4.78 is 17.2. The molecule has 0 saturated heterocycles. The maximum atomic E-state index is 5.73. The zero-order chi connectivity index (χ0) is 10.9. The van der Waals surface area contributed by atoms with E-state index in [1.54, 1.807) is 0 Å². The fourth-order valence-corrected chi connectivity index (χ4v) is 4.07. The van der Waals surface area contributed by atoms with Gasteiger partial charge in [-0.1, -0.05) is 0 Å². The van der Waals surface area contributed by atoms with Crippen molar-refractivity contribution in [1.82, 2.24) is 0 Å². The summed E-state index contributed by atoms with van der Waals surface area (Å²) in [5.74, 6) is 0. The summed E-state index contributed by atoms with van der Waals surface area (Å²) in [6.45, 7) is 8.56. The second-order valence-electron chi connectivity index (χ2n) is 3.41. The van der Waals surface area contributed by atoms with Crippen LogP contribution in [-0.4, -0.2) is 19.8 Å². The van der Waals surface area contributed by atoms with Gasteiger partial charge in [0.25, 0.3) is 0 Å². The van der Waals surface area contributed by atoms with Gasteiger partial charge in [-0.15, -0.1) is 0 Å². The van der Waals surface area contributed by atoms with E-state index in [4.69, 9.17) is 9.96 Å². The molecule has 14 heavy (non-hydrogen) atoms. The van der Waals surface area contributed by atoms with Crippen molar-refractivity contribution in [3.8, 4) is 0 Å². The summed E-state index contributed by atoms with van der Waals surface area (Å²) in [5, 5.41) is 2.03. The third-order valence-electron chi connectivity index (χ3n) is 1.71. The Labute approximate surface area is 92.9 Å². The Morgan fingerprint density at radius 1 is 0.714 bits per heavy atom. The molecule has 0 radical (unpaired) electrons. The second-order valence-corrected chi connectivity index (χ2v) is 7.45. The molecule has 0 aromatic rings. The molecule has 0 N–H and O–H groups in total. The average molecular weight is 240 g/mol. The first-order valence-corrected chi connectivity index (χ1v) is 9.07. The number of rotatable bonds is 9. The molecule has 3 nitrogen and oxygen atoms in total. The molecule has 0 rings (SSSR count). The Balaban J connectivity index is 3.89. The van der Waals surface area contributed by atoms with Crippen molar-refractivity contribution in [1.29, 1.82) is 0 Å². The molecule has 0 aliphatic carbocycles. The van der Waals surface area contributed by atoms with E-state index >= 15 is 0 Å². The monoisotopic (exact) mass is 240 g/mol. The van der Waals surface area contributed by atoms with E-state index in [-0.39, 0.29) is 0 Å². The topological polar surface area (TPSA) is 27.7 Å². The molecule has 0 aliphatic rings. The summed E-state index contributed by atoms with van der Waals surface area (Å²) in [7, 11) is 0. The van der Waals surface area contributed by atoms with E-state index < -0.39 is 17.8 Å². The first-order valence-electron chi connectivity index (χ1n) is 5.60. The molecule has 0 saturated carbocycles. The van der Waals surface area contributed by atoms with E-state index in [0.29, 0.717) is 0 Å².